The van der Waals surface area contributed by atoms with Crippen molar-refractivity contribution < 1.29 is 19.1 Å². The summed E-state index contributed by atoms with van der Waals surface area (Å²) in [5.74, 6) is 0.259. The molecule has 184 valence electrons. The highest BCUT2D eigenvalue weighted by atomic mass is 32.1. The molecule has 0 spiro atoms. The highest BCUT2D eigenvalue weighted by Gasteiger charge is 2.30. The van der Waals surface area contributed by atoms with Crippen molar-refractivity contribution >= 4 is 28.9 Å². The Bertz CT molecular complexity index is 1270. The minimum absolute atomic E-state index is 0.0536. The van der Waals surface area contributed by atoms with Crippen LogP contribution in [-0.4, -0.2) is 53.7 Å². The smallest absolute Gasteiger partial charge is 0.355 e. The summed E-state index contributed by atoms with van der Waals surface area (Å²) in [6.07, 6.45) is 1.88. The summed E-state index contributed by atoms with van der Waals surface area (Å²) in [4.78, 5) is 29.1. The summed E-state index contributed by atoms with van der Waals surface area (Å²) in [6.45, 7) is 8.58. The second-order valence-corrected chi connectivity index (χ2v) is 11.0. The van der Waals surface area contributed by atoms with Crippen LogP contribution in [0.1, 0.15) is 43.2 Å². The Hall–Kier alpha value is -3.10. The number of nitrogens with one attached hydrogen (secondary N) is 1. The normalized spacial score (nSPS) is 15.1. The van der Waals surface area contributed by atoms with Crippen molar-refractivity contribution in [2.24, 2.45) is 0 Å². The van der Waals surface area contributed by atoms with Crippen LogP contribution in [0.15, 0.2) is 35.7 Å². The fourth-order valence-electron chi connectivity index (χ4n) is 4.67. The first-order chi connectivity index (χ1) is 16.7. The van der Waals surface area contributed by atoms with Gasteiger partial charge in [-0.3, -0.25) is 9.69 Å². The van der Waals surface area contributed by atoms with Gasteiger partial charge in [0.2, 0.25) is 5.91 Å². The van der Waals surface area contributed by atoms with Gasteiger partial charge < -0.3 is 19.4 Å². The summed E-state index contributed by atoms with van der Waals surface area (Å²) >= 11 is 1.63. The van der Waals surface area contributed by atoms with Crippen molar-refractivity contribution in [3.63, 3.8) is 0 Å². The van der Waals surface area contributed by atoms with E-state index in [1.54, 1.807) is 18.4 Å². The lowest BCUT2D eigenvalue weighted by Gasteiger charge is -2.30. The van der Waals surface area contributed by atoms with Crippen LogP contribution < -0.4 is 10.1 Å². The summed E-state index contributed by atoms with van der Waals surface area (Å²) in [5.41, 5.74) is 4.68. The van der Waals surface area contributed by atoms with Gasteiger partial charge >= 0.3 is 5.97 Å². The molecule has 2 aliphatic rings. The number of anilines is 1. The van der Waals surface area contributed by atoms with Crippen LogP contribution in [0.4, 0.5) is 5.69 Å². The number of carbonyl (C=O) groups excluding carboxylic acids is 2. The molecule has 2 aliphatic heterocycles. The lowest BCUT2D eigenvalue weighted by Crippen LogP contribution is -2.42. The molecule has 0 saturated carbocycles. The number of thiophene rings is 1. The number of ether oxygens (including phenoxy) is 2. The second kappa shape index (κ2) is 9.17. The molecule has 0 unspecified atom stereocenters. The standard InChI is InChI=1S/C27H31N3O4S/c1-27(2,3)34-26(32)21-15-19(23-7-5-12-35-23)25-18-14-20(28-24(31)16-29-9-6-10-29)22(33-4)13-17(18)8-11-30(21)25/h5,7,12-15H,6,8-11,16H2,1-4H3,(H,28,31). The van der Waals surface area contributed by atoms with Crippen molar-refractivity contribution in [3.8, 4) is 27.4 Å². The van der Waals surface area contributed by atoms with Crippen molar-refractivity contribution in [1.29, 1.82) is 0 Å². The summed E-state index contributed by atoms with van der Waals surface area (Å²) in [6, 6.07) is 10.0. The minimum atomic E-state index is -0.585. The fourth-order valence-corrected chi connectivity index (χ4v) is 5.41. The number of amides is 1. The fraction of sp³-hybridized carbons (Fsp3) is 0.407. The largest absolute Gasteiger partial charge is 0.495 e. The molecule has 1 amide bonds. The Balaban J connectivity index is 1.59. The number of aromatic nitrogens is 1. The van der Waals surface area contributed by atoms with Crippen LogP contribution in [0.5, 0.6) is 5.75 Å². The summed E-state index contributed by atoms with van der Waals surface area (Å²) < 4.78 is 13.4. The molecule has 1 fully saturated rings. The number of benzene rings is 1. The quantitative estimate of drug-likeness (QED) is 0.487. The monoisotopic (exact) mass is 493 g/mol. The molecular formula is C27H31N3O4S. The SMILES string of the molecule is COc1cc2c(cc1NC(=O)CN1CCC1)-c1c(-c3cccs3)cc(C(=O)OC(C)(C)C)n1CC2. The Labute approximate surface area is 209 Å². The van der Waals surface area contributed by atoms with Crippen molar-refractivity contribution in [2.45, 2.75) is 45.8 Å². The van der Waals surface area contributed by atoms with E-state index in [-0.39, 0.29) is 11.9 Å². The summed E-state index contributed by atoms with van der Waals surface area (Å²) in [5, 5.41) is 5.09. The molecule has 0 atom stereocenters. The molecule has 4 heterocycles. The van der Waals surface area contributed by atoms with Gasteiger partial charge in [0.25, 0.3) is 0 Å². The van der Waals surface area contributed by atoms with Crippen molar-refractivity contribution in [2.75, 3.05) is 32.1 Å². The number of aryl methyl sites for hydroxylation is 1. The molecule has 0 radical (unpaired) electrons. The van der Waals surface area contributed by atoms with Gasteiger partial charge in [0.05, 0.1) is 25.0 Å². The molecule has 1 saturated heterocycles. The molecular weight excluding hydrogens is 462 g/mol. The van der Waals surface area contributed by atoms with E-state index in [0.717, 1.165) is 53.2 Å². The van der Waals surface area contributed by atoms with Crippen LogP contribution in [0, 0.1) is 0 Å². The number of hydrogen-bond acceptors (Lipinski definition) is 6. The van der Waals surface area contributed by atoms with Crippen molar-refractivity contribution in [1.82, 2.24) is 9.47 Å². The number of esters is 1. The number of carbonyl (C=O) groups is 2. The maximum absolute atomic E-state index is 13.2. The highest BCUT2D eigenvalue weighted by molar-refractivity contribution is 7.13. The number of rotatable bonds is 6. The maximum Gasteiger partial charge on any atom is 0.355 e. The zero-order valence-corrected chi connectivity index (χ0v) is 21.5. The second-order valence-electron chi connectivity index (χ2n) is 10.1. The van der Waals surface area contributed by atoms with E-state index in [1.807, 2.05) is 50.4 Å². The van der Waals surface area contributed by atoms with Gasteiger partial charge in [-0.15, -0.1) is 11.3 Å². The average Bonchev–Trinajstić information content (AvgIpc) is 3.42. The Kier molecular flexibility index (Phi) is 6.19. The van der Waals surface area contributed by atoms with Gasteiger partial charge in [0.1, 0.15) is 17.0 Å². The van der Waals surface area contributed by atoms with Crippen LogP contribution in [-0.2, 0) is 22.5 Å². The number of likely N-dealkylation sites (tertiary alicyclic amines) is 1. The molecule has 0 bridgehead atoms. The van der Waals surface area contributed by atoms with Crippen LogP contribution in [0.3, 0.4) is 0 Å². The zero-order chi connectivity index (χ0) is 24.7. The third-order valence-electron chi connectivity index (χ3n) is 6.37. The third-order valence-corrected chi connectivity index (χ3v) is 7.27. The van der Waals surface area contributed by atoms with E-state index >= 15 is 0 Å². The molecule has 0 aliphatic carbocycles. The zero-order valence-electron chi connectivity index (χ0n) is 20.6. The molecule has 7 nitrogen and oxygen atoms in total. The van der Waals surface area contributed by atoms with Gasteiger partial charge in [0.15, 0.2) is 0 Å². The van der Waals surface area contributed by atoms with E-state index in [9.17, 15) is 9.59 Å². The van der Waals surface area contributed by atoms with Gasteiger partial charge in [-0.1, -0.05) is 6.07 Å². The number of hydrogen-bond donors (Lipinski definition) is 1. The predicted octanol–water partition coefficient (Wildman–Crippen LogP) is 5.05. The first-order valence-corrected chi connectivity index (χ1v) is 12.9. The van der Waals surface area contributed by atoms with Crippen LogP contribution >= 0.6 is 11.3 Å². The van der Waals surface area contributed by atoms with E-state index in [0.29, 0.717) is 30.2 Å². The molecule has 5 rings (SSSR count). The third kappa shape index (κ3) is 4.73. The first kappa shape index (κ1) is 23.6. The predicted molar refractivity (Wildman–Crippen MR) is 138 cm³/mol. The van der Waals surface area contributed by atoms with Gasteiger partial charge in [-0.05, 0) is 81.9 Å². The molecule has 2 aromatic heterocycles. The number of methoxy groups -OCH3 is 1. The molecule has 1 aromatic carbocycles. The Morgan fingerprint density at radius 3 is 2.54 bits per heavy atom. The van der Waals surface area contributed by atoms with Crippen LogP contribution in [0.2, 0.25) is 0 Å². The Morgan fingerprint density at radius 2 is 1.91 bits per heavy atom. The maximum atomic E-state index is 13.2. The van der Waals surface area contributed by atoms with E-state index < -0.39 is 5.60 Å². The minimum Gasteiger partial charge on any atom is -0.495 e. The molecule has 3 aromatic rings. The molecule has 8 heteroatoms. The van der Waals surface area contributed by atoms with E-state index in [2.05, 4.69) is 20.9 Å². The molecule has 1 N–H and O–H groups in total. The molecule has 35 heavy (non-hydrogen) atoms. The van der Waals surface area contributed by atoms with Gasteiger partial charge in [-0.2, -0.15) is 0 Å². The number of fused-ring (bicyclic) bond motifs is 3. The van der Waals surface area contributed by atoms with Crippen molar-refractivity contribution in [3.05, 3.63) is 47.0 Å². The van der Waals surface area contributed by atoms with Gasteiger partial charge in [-0.25, -0.2) is 4.79 Å². The van der Waals surface area contributed by atoms with Crippen LogP contribution in [0.25, 0.3) is 21.7 Å². The van der Waals surface area contributed by atoms with E-state index in [4.69, 9.17) is 9.47 Å². The lowest BCUT2D eigenvalue weighted by molar-refractivity contribution is -0.118. The van der Waals surface area contributed by atoms with E-state index in [1.165, 1.54) is 0 Å². The lowest BCUT2D eigenvalue weighted by atomic mass is 9.94. The average molecular weight is 494 g/mol. The topological polar surface area (TPSA) is 72.8 Å². The number of nitrogens with zero attached hydrogens (tertiary/aromatic N) is 2. The summed E-state index contributed by atoms with van der Waals surface area (Å²) in [7, 11) is 1.62. The van der Waals surface area contributed by atoms with Gasteiger partial charge in [0, 0.05) is 22.5 Å². The Morgan fingerprint density at radius 1 is 1.11 bits per heavy atom. The highest BCUT2D eigenvalue weighted by Crippen LogP contribution is 2.44. The first-order valence-electron chi connectivity index (χ1n) is 12.0.